The molecule has 3 saturated heterocycles. The number of nitrogens with zero attached hydrogens (tertiary/aromatic N) is 2. The first-order chi connectivity index (χ1) is 14.5. The summed E-state index contributed by atoms with van der Waals surface area (Å²) in [4.78, 5) is 41.2. The molecule has 8 nitrogen and oxygen atoms in total. The van der Waals surface area contributed by atoms with Crippen molar-refractivity contribution in [2.45, 2.75) is 50.2 Å². The van der Waals surface area contributed by atoms with E-state index in [-0.39, 0.29) is 36.0 Å². The van der Waals surface area contributed by atoms with Gasteiger partial charge in [-0.05, 0) is 43.9 Å². The molecule has 0 aromatic heterocycles. The second-order valence-corrected chi connectivity index (χ2v) is 8.72. The van der Waals surface area contributed by atoms with Crippen LogP contribution in [0.4, 0.5) is 10.5 Å². The molecule has 0 saturated carbocycles. The molecule has 4 rings (SSSR count). The van der Waals surface area contributed by atoms with Crippen molar-refractivity contribution in [2.24, 2.45) is 0 Å². The molecule has 0 unspecified atom stereocenters. The first-order valence-electron chi connectivity index (χ1n) is 10.6. The van der Waals surface area contributed by atoms with Crippen LogP contribution in [-0.2, 0) is 9.59 Å². The van der Waals surface area contributed by atoms with Crippen LogP contribution in [0.2, 0.25) is 5.02 Å². The number of benzene rings is 1. The summed E-state index contributed by atoms with van der Waals surface area (Å²) >= 11 is 5.96. The SMILES string of the molecule is O=C(Nc1cccc(Cl)c1)N[C@H]1C[C@H]2C(=O)NC[C@@H](CCC(=O)N3CCCC3)N2C1. The molecule has 0 bridgehead atoms. The van der Waals surface area contributed by atoms with E-state index in [4.69, 9.17) is 11.6 Å². The highest BCUT2D eigenvalue weighted by Crippen LogP contribution is 2.26. The van der Waals surface area contributed by atoms with Gasteiger partial charge in [0.25, 0.3) is 0 Å². The molecule has 1 aromatic carbocycles. The van der Waals surface area contributed by atoms with Gasteiger partial charge >= 0.3 is 6.03 Å². The highest BCUT2D eigenvalue weighted by atomic mass is 35.5. The van der Waals surface area contributed by atoms with E-state index in [2.05, 4.69) is 20.9 Å². The van der Waals surface area contributed by atoms with E-state index >= 15 is 0 Å². The molecule has 3 aliphatic rings. The number of anilines is 1. The number of piperazine rings is 1. The van der Waals surface area contributed by atoms with E-state index in [1.807, 2.05) is 4.90 Å². The standard InChI is InChI=1S/C21H28ClN5O3/c22-14-4-3-5-15(10-14)24-21(30)25-16-11-18-20(29)23-12-17(27(18)13-16)6-7-19(28)26-8-1-2-9-26/h3-5,10,16-18H,1-2,6-9,11-13H2,(H,23,29)(H2,24,25,30)/t16-,17+,18-/m0/s1. The van der Waals surface area contributed by atoms with Gasteiger partial charge < -0.3 is 20.9 Å². The van der Waals surface area contributed by atoms with Crippen LogP contribution in [0.15, 0.2) is 24.3 Å². The number of carbonyl (C=O) groups excluding carboxylic acids is 3. The molecule has 9 heteroatoms. The topological polar surface area (TPSA) is 93.8 Å². The summed E-state index contributed by atoms with van der Waals surface area (Å²) in [5.74, 6) is 0.201. The van der Waals surface area contributed by atoms with Gasteiger partial charge in [-0.25, -0.2) is 4.79 Å². The summed E-state index contributed by atoms with van der Waals surface area (Å²) in [6, 6.07) is 6.37. The zero-order valence-electron chi connectivity index (χ0n) is 16.9. The summed E-state index contributed by atoms with van der Waals surface area (Å²) in [7, 11) is 0. The van der Waals surface area contributed by atoms with Crippen LogP contribution in [0, 0.1) is 0 Å². The fourth-order valence-corrected chi connectivity index (χ4v) is 4.87. The highest BCUT2D eigenvalue weighted by molar-refractivity contribution is 6.30. The van der Waals surface area contributed by atoms with Gasteiger partial charge in [0.1, 0.15) is 0 Å². The Balaban J connectivity index is 1.31. The first-order valence-corrected chi connectivity index (χ1v) is 11.0. The fourth-order valence-electron chi connectivity index (χ4n) is 4.68. The molecule has 0 aliphatic carbocycles. The monoisotopic (exact) mass is 433 g/mol. The van der Waals surface area contributed by atoms with Gasteiger partial charge in [0, 0.05) is 55.4 Å². The number of fused-ring (bicyclic) bond motifs is 1. The van der Waals surface area contributed by atoms with E-state index in [0.29, 0.717) is 43.1 Å². The number of amides is 4. The highest BCUT2D eigenvalue weighted by Gasteiger charge is 2.43. The molecule has 3 fully saturated rings. The molecule has 162 valence electrons. The van der Waals surface area contributed by atoms with E-state index in [9.17, 15) is 14.4 Å². The molecule has 3 atom stereocenters. The average Bonchev–Trinajstić information content (AvgIpc) is 3.38. The molecule has 0 spiro atoms. The predicted molar refractivity (Wildman–Crippen MR) is 114 cm³/mol. The predicted octanol–water partition coefficient (Wildman–Crippen LogP) is 1.81. The molecule has 1 aromatic rings. The maximum absolute atomic E-state index is 12.4. The molecular formula is C21H28ClN5O3. The van der Waals surface area contributed by atoms with Crippen LogP contribution in [0.1, 0.15) is 32.1 Å². The lowest BCUT2D eigenvalue weighted by atomic mass is 10.0. The lowest BCUT2D eigenvalue weighted by molar-refractivity contribution is -0.131. The number of hydrogen-bond acceptors (Lipinski definition) is 4. The van der Waals surface area contributed by atoms with Gasteiger partial charge in [-0.15, -0.1) is 0 Å². The Hall–Kier alpha value is -2.32. The Morgan fingerprint density at radius 2 is 2.03 bits per heavy atom. The van der Waals surface area contributed by atoms with Crippen LogP contribution < -0.4 is 16.0 Å². The number of carbonyl (C=O) groups is 3. The van der Waals surface area contributed by atoms with Gasteiger partial charge in [-0.2, -0.15) is 0 Å². The van der Waals surface area contributed by atoms with Gasteiger partial charge in [0.05, 0.1) is 6.04 Å². The van der Waals surface area contributed by atoms with Crippen molar-refractivity contribution in [1.29, 1.82) is 0 Å². The second kappa shape index (κ2) is 9.22. The zero-order valence-corrected chi connectivity index (χ0v) is 17.7. The number of halogens is 1. The minimum atomic E-state index is -0.316. The van der Waals surface area contributed by atoms with E-state index in [1.54, 1.807) is 24.3 Å². The van der Waals surface area contributed by atoms with Gasteiger partial charge in [0.2, 0.25) is 11.8 Å². The average molecular weight is 434 g/mol. The van der Waals surface area contributed by atoms with Gasteiger partial charge in [-0.3, -0.25) is 14.5 Å². The maximum atomic E-state index is 12.4. The number of rotatable bonds is 5. The number of likely N-dealkylation sites (tertiary alicyclic amines) is 1. The first kappa shape index (κ1) is 20.9. The Morgan fingerprint density at radius 1 is 1.23 bits per heavy atom. The Morgan fingerprint density at radius 3 is 2.80 bits per heavy atom. The Bertz CT molecular complexity index is 814. The second-order valence-electron chi connectivity index (χ2n) is 8.28. The molecule has 3 aliphatic heterocycles. The third kappa shape index (κ3) is 4.87. The van der Waals surface area contributed by atoms with Crippen LogP contribution in [0.25, 0.3) is 0 Å². The minimum Gasteiger partial charge on any atom is -0.353 e. The molecule has 30 heavy (non-hydrogen) atoms. The minimum absolute atomic E-state index is 0.00308. The summed E-state index contributed by atoms with van der Waals surface area (Å²) < 4.78 is 0. The Labute approximate surface area is 181 Å². The molecule has 3 heterocycles. The van der Waals surface area contributed by atoms with Crippen molar-refractivity contribution in [3.63, 3.8) is 0 Å². The van der Waals surface area contributed by atoms with Crippen molar-refractivity contribution in [2.75, 3.05) is 31.5 Å². The maximum Gasteiger partial charge on any atom is 0.319 e. The lowest BCUT2D eigenvalue weighted by Crippen LogP contribution is -2.58. The van der Waals surface area contributed by atoms with Gasteiger partial charge in [0.15, 0.2) is 0 Å². The van der Waals surface area contributed by atoms with Crippen molar-refractivity contribution in [3.8, 4) is 0 Å². The fraction of sp³-hybridized carbons (Fsp3) is 0.571. The van der Waals surface area contributed by atoms with Crippen LogP contribution >= 0.6 is 11.6 Å². The van der Waals surface area contributed by atoms with Crippen molar-refractivity contribution >= 4 is 35.1 Å². The van der Waals surface area contributed by atoms with Crippen LogP contribution in [-0.4, -0.2) is 71.9 Å². The lowest BCUT2D eigenvalue weighted by Gasteiger charge is -2.37. The molecular weight excluding hydrogens is 406 g/mol. The quantitative estimate of drug-likeness (QED) is 0.660. The third-order valence-electron chi connectivity index (χ3n) is 6.19. The largest absolute Gasteiger partial charge is 0.353 e. The number of hydrogen-bond donors (Lipinski definition) is 3. The summed E-state index contributed by atoms with van der Waals surface area (Å²) in [6.45, 7) is 2.87. The summed E-state index contributed by atoms with van der Waals surface area (Å²) in [5.41, 5.74) is 0.617. The smallest absolute Gasteiger partial charge is 0.319 e. The van der Waals surface area contributed by atoms with E-state index in [1.165, 1.54) is 0 Å². The third-order valence-corrected chi connectivity index (χ3v) is 6.43. The van der Waals surface area contributed by atoms with Crippen molar-refractivity contribution in [3.05, 3.63) is 29.3 Å². The van der Waals surface area contributed by atoms with Crippen LogP contribution in [0.3, 0.4) is 0 Å². The van der Waals surface area contributed by atoms with Crippen LogP contribution in [0.5, 0.6) is 0 Å². The molecule has 3 N–H and O–H groups in total. The van der Waals surface area contributed by atoms with Crippen molar-refractivity contribution < 1.29 is 14.4 Å². The van der Waals surface area contributed by atoms with E-state index < -0.39 is 0 Å². The zero-order chi connectivity index (χ0) is 21.1. The summed E-state index contributed by atoms with van der Waals surface area (Å²) in [5, 5.41) is 9.26. The molecule has 4 amide bonds. The Kier molecular flexibility index (Phi) is 6.43. The van der Waals surface area contributed by atoms with Gasteiger partial charge in [-0.1, -0.05) is 17.7 Å². The van der Waals surface area contributed by atoms with E-state index in [0.717, 1.165) is 25.9 Å². The number of nitrogens with one attached hydrogen (secondary N) is 3. The normalized spacial score (nSPS) is 26.2. The summed E-state index contributed by atoms with van der Waals surface area (Å²) in [6.07, 6.45) is 3.95. The number of urea groups is 1. The molecule has 0 radical (unpaired) electrons. The van der Waals surface area contributed by atoms with Crippen molar-refractivity contribution in [1.82, 2.24) is 20.4 Å².